The maximum atomic E-state index is 13.1. The summed E-state index contributed by atoms with van der Waals surface area (Å²) in [7, 11) is 0. The number of esters is 3. The Labute approximate surface area is 764 Å². The zero-order valence-electron chi connectivity index (χ0n) is 71.7. The second kappa shape index (κ2) is 44.7. The van der Waals surface area contributed by atoms with Gasteiger partial charge < -0.3 is 99.6 Å². The molecule has 42 heteroatoms. The number of nitrogens with zero attached hydrogens (tertiary/aromatic N) is 5. The molecule has 0 aliphatic rings. The monoisotopic (exact) mass is 1930 g/mol. The largest absolute Gasteiger partial charge is 0.481 e. The van der Waals surface area contributed by atoms with Crippen molar-refractivity contribution in [3.8, 4) is 28.7 Å². The number of aliphatic carboxylic acids is 2. The molecule has 0 fully saturated rings. The van der Waals surface area contributed by atoms with E-state index in [4.69, 9.17) is 76.8 Å². The number of thiol groups is 2. The fourth-order valence-corrected chi connectivity index (χ4v) is 18.2. The van der Waals surface area contributed by atoms with Gasteiger partial charge in [0.2, 0.25) is 0 Å². The van der Waals surface area contributed by atoms with Gasteiger partial charge in [0.15, 0.2) is 33.0 Å². The molecule has 0 saturated heterocycles. The molecule has 0 bridgehead atoms. The number of benzene rings is 5. The van der Waals surface area contributed by atoms with Gasteiger partial charge in [-0.3, -0.25) is 47.9 Å². The van der Waals surface area contributed by atoms with E-state index in [1.54, 1.807) is 185 Å². The first kappa shape index (κ1) is 103. The van der Waals surface area contributed by atoms with Gasteiger partial charge in [-0.2, -0.15) is 25.3 Å². The number of primary amides is 5. The van der Waals surface area contributed by atoms with Crippen molar-refractivity contribution in [2.45, 2.75) is 143 Å². The summed E-state index contributed by atoms with van der Waals surface area (Å²) in [5.74, 6) is -11.7. The number of hydrogen-bond acceptors (Lipinski definition) is 29. The van der Waals surface area contributed by atoms with Crippen molar-refractivity contribution in [3.05, 3.63) is 147 Å². The lowest BCUT2D eigenvalue weighted by Gasteiger charge is -2.19. The quantitative estimate of drug-likeness (QED) is 0.00254. The first-order valence-corrected chi connectivity index (χ1v) is 45.2. The van der Waals surface area contributed by atoms with Gasteiger partial charge in [-0.25, -0.2) is 24.0 Å². The molecule has 0 saturated carbocycles. The Bertz CT molecular complexity index is 5700. The number of nitrogens with two attached hydrogens (primary N) is 5. The minimum Gasteiger partial charge on any atom is -0.481 e. The van der Waals surface area contributed by atoms with E-state index in [2.05, 4.69) is 41.2 Å². The molecule has 0 aliphatic carbocycles. The minimum atomic E-state index is -1.21. The zero-order chi connectivity index (χ0) is 94.8. The topological polar surface area (TPSA) is 525 Å². The van der Waals surface area contributed by atoms with E-state index in [0.717, 1.165) is 0 Å². The molecule has 35 nitrogen and oxygen atoms in total. The van der Waals surface area contributed by atoms with Crippen LogP contribution in [0.15, 0.2) is 91.0 Å². The van der Waals surface area contributed by atoms with Crippen LogP contribution in [0.1, 0.15) is 143 Å². The van der Waals surface area contributed by atoms with Crippen LogP contribution in [0.5, 0.6) is 28.7 Å². The highest BCUT2D eigenvalue weighted by Gasteiger charge is 2.34. The molecule has 0 atom stereocenters. The number of thioether (sulfide) groups is 4. The van der Waals surface area contributed by atoms with Crippen LogP contribution in [0.2, 0.25) is 0 Å². The van der Waals surface area contributed by atoms with Crippen LogP contribution in [-0.4, -0.2) is 186 Å². The van der Waals surface area contributed by atoms with E-state index in [9.17, 15) is 71.9 Å². The van der Waals surface area contributed by atoms with Crippen molar-refractivity contribution >= 4 is 231 Å². The zero-order valence-corrected chi connectivity index (χ0v) is 78.3. The minimum absolute atomic E-state index is 0.0359. The molecule has 127 heavy (non-hydrogen) atoms. The predicted molar refractivity (Wildman–Crippen MR) is 493 cm³/mol. The molecule has 5 aromatic heterocycles. The van der Waals surface area contributed by atoms with Crippen molar-refractivity contribution in [3.63, 3.8) is 0 Å². The van der Waals surface area contributed by atoms with Crippen LogP contribution >= 0.6 is 88.2 Å². The molecule has 0 unspecified atom stereocenters. The first-order valence-electron chi connectivity index (χ1n) is 38.2. The number of hydrogen-bond donors (Lipinski definition) is 9. The van der Waals surface area contributed by atoms with E-state index in [-0.39, 0.29) is 68.2 Å². The second-order valence-electron chi connectivity index (χ2n) is 30.5. The van der Waals surface area contributed by atoms with Crippen molar-refractivity contribution in [2.24, 2.45) is 28.7 Å². The van der Waals surface area contributed by atoms with E-state index in [1.807, 2.05) is 13.7 Å². The highest BCUT2D eigenvalue weighted by molar-refractivity contribution is 9.08. The molecule has 680 valence electrons. The highest BCUT2D eigenvalue weighted by Crippen LogP contribution is 2.42. The smallest absolute Gasteiger partial charge is 0.344 e. The summed E-state index contributed by atoms with van der Waals surface area (Å²) in [6.45, 7) is 21.7. The number of halogens is 1. The summed E-state index contributed by atoms with van der Waals surface area (Å²) in [5, 5.41) is 21.6. The Morgan fingerprint density at radius 3 is 0.685 bits per heavy atom. The molecular formula is C85H97BrN10O25S6. The number of amides is 5. The van der Waals surface area contributed by atoms with E-state index < -0.39 is 132 Å². The van der Waals surface area contributed by atoms with Crippen molar-refractivity contribution < 1.29 is 120 Å². The number of aromatic nitrogens is 5. The first-order chi connectivity index (χ1) is 59.5. The molecule has 10 aromatic rings. The fourth-order valence-electron chi connectivity index (χ4n) is 13.3. The summed E-state index contributed by atoms with van der Waals surface area (Å²) < 4.78 is 53.1. The third-order valence-electron chi connectivity index (χ3n) is 18.1. The van der Waals surface area contributed by atoms with Crippen molar-refractivity contribution in [1.29, 1.82) is 0 Å². The fraction of sp³-hybridized carbons (Fsp3) is 0.353. The number of ether oxygens (including phenoxy) is 8. The van der Waals surface area contributed by atoms with Gasteiger partial charge in [-0.15, -0.1) is 47.0 Å². The number of carboxylic acid groups (broad SMARTS) is 2. The van der Waals surface area contributed by atoms with Gasteiger partial charge in [0.25, 0.3) is 58.5 Å². The van der Waals surface area contributed by atoms with Crippen LogP contribution in [-0.2, 0) is 91.1 Å². The molecule has 5 amide bonds. The summed E-state index contributed by atoms with van der Waals surface area (Å²) >= 11 is 16.7. The van der Waals surface area contributed by atoms with E-state index in [1.165, 1.54) is 59.2 Å². The SMILES string of the molecule is Cc1c(C(=O)C(N)=O)c2c(OCC(=O)O)cccc2n1CSCSCn1c(C)c(C(=O)C(N)=O)c2c(OCC(=O)O)cccc21.Cc1c(C(=O)C(N)=O)c2c(OCC(=O)OC(C)(C)C)cccc2n1CBr.Cc1c(C(=O)C(N)=O)c2c(OCC(=O)OC(C)(C)C)cccc2n1CSCSCn1c(C)c(C(=O)C(N)=O)c2c(OCC(=O)OC(C)(C)C)cccc21.SCS. The van der Waals surface area contributed by atoms with Crippen LogP contribution in [0.3, 0.4) is 0 Å². The molecule has 12 N–H and O–H groups in total. The normalized spacial score (nSPS) is 11.3. The Morgan fingerprint density at radius 1 is 0.331 bits per heavy atom. The molecule has 5 aromatic carbocycles. The van der Waals surface area contributed by atoms with Crippen molar-refractivity contribution in [1.82, 2.24) is 22.8 Å². The molecule has 5 heterocycles. The van der Waals surface area contributed by atoms with E-state index in [0.29, 0.717) is 122 Å². The molecule has 0 radical (unpaired) electrons. The van der Waals surface area contributed by atoms with Gasteiger partial charge >= 0.3 is 29.8 Å². The molecule has 10 rings (SSSR count). The maximum absolute atomic E-state index is 13.1. The second-order valence-corrected chi connectivity index (χ2v) is 36.7. The lowest BCUT2D eigenvalue weighted by atomic mass is 10.1. The maximum Gasteiger partial charge on any atom is 0.344 e. The third-order valence-corrected chi connectivity index (χ3v) is 23.1. The van der Waals surface area contributed by atoms with Crippen LogP contribution in [0.4, 0.5) is 0 Å². The third kappa shape index (κ3) is 25.9. The van der Waals surface area contributed by atoms with Gasteiger partial charge in [-0.1, -0.05) is 46.3 Å². The molecule has 0 aliphatic heterocycles. The van der Waals surface area contributed by atoms with Crippen LogP contribution < -0.4 is 52.4 Å². The van der Waals surface area contributed by atoms with Gasteiger partial charge in [-0.05, 0) is 158 Å². The number of rotatable bonds is 38. The Hall–Kier alpha value is -11.6. The van der Waals surface area contributed by atoms with Crippen LogP contribution in [0.25, 0.3) is 54.5 Å². The number of Topliss-reactive ketones (excluding diaryl/α,β-unsaturated/α-hetero) is 5. The number of alkyl halides is 1. The van der Waals surface area contributed by atoms with Gasteiger partial charge in [0, 0.05) is 43.7 Å². The predicted octanol–water partition coefficient (Wildman–Crippen LogP) is 11.0. The molecular weight excluding hydrogens is 1830 g/mol. The lowest BCUT2D eigenvalue weighted by molar-refractivity contribution is -0.158. The Kier molecular flexibility index (Phi) is 36.1. The summed E-state index contributed by atoms with van der Waals surface area (Å²) in [4.78, 5) is 182. The van der Waals surface area contributed by atoms with E-state index >= 15 is 0 Å². The number of carboxylic acids is 2. The summed E-state index contributed by atoms with van der Waals surface area (Å²) in [6.07, 6.45) is 0. The Morgan fingerprint density at radius 2 is 0.512 bits per heavy atom. The number of fused-ring (bicyclic) bond motifs is 5. The lowest BCUT2D eigenvalue weighted by Crippen LogP contribution is -2.27. The van der Waals surface area contributed by atoms with Gasteiger partial charge in [0.1, 0.15) is 45.6 Å². The number of carbonyl (C=O) groups excluding carboxylic acids is 13. The van der Waals surface area contributed by atoms with Crippen molar-refractivity contribution in [2.75, 3.05) is 48.3 Å². The molecule has 0 spiro atoms. The standard InChI is InChI=1S/C37H44N4O10S2.C29H28N4O10S2.C18H21BrN2O5.CH4S2/c1-20-28(32(44)34(38)46)30-22(11-9-13-24(30)48-15-26(42)50-36(3,4)5)40(20)17-52-19-53-18-41-21(2)29(33(45)35(39)47)31-23(41)12-10-14-25(31)49-16-27(43)51-37(6,7)8;1-14-22(26(38)28(30)40)24-16(5-3-7-18(24)42-9-20(34)35)32(14)11-44-13-45-12-33-15(2)23(27(39)29(31)41)25-17(33)6-4-8-19(25)43-10-21(36)37;1-10-14(16(23)17(20)24)15-11(21(10)9-19)6-5-7-12(15)25-8-13(22)26-18(2,3)4;2-1-3/h9-14H,15-19H2,1-8H3,(H2,38,46)(H2,39,47);3-8H,9-13H2,1-2H3,(H2,30,40)(H2,31,41)(H,34,35)(H,36,37);5-7H,8-9H2,1-4H3,(H2,20,24);2-3H,1H2. The average Bonchev–Trinajstić information content (AvgIpc) is 1.62. The average molecular weight is 1930 g/mol. The van der Waals surface area contributed by atoms with Gasteiger partial charge in [0.05, 0.1) is 111 Å². The summed E-state index contributed by atoms with van der Waals surface area (Å²) in [5.41, 5.74) is 30.9. The Balaban J connectivity index is 0.000000270. The number of carbonyl (C=O) groups is 15. The number of ketones is 5. The van der Waals surface area contributed by atoms with Crippen LogP contribution in [0, 0.1) is 34.6 Å². The summed E-state index contributed by atoms with van der Waals surface area (Å²) in [6, 6.07) is 25.1. The highest BCUT2D eigenvalue weighted by atomic mass is 79.9.